The van der Waals surface area contributed by atoms with Gasteiger partial charge in [-0.1, -0.05) is 65.8 Å². The Morgan fingerprint density at radius 1 is 0.970 bits per heavy atom. The Hall–Kier alpha value is -2.61. The molecule has 2 aromatic carbocycles. The van der Waals surface area contributed by atoms with Gasteiger partial charge in [0, 0.05) is 64.2 Å². The maximum Gasteiger partial charge on any atom is 0.253 e. The Bertz CT molecular complexity index is 1070. The van der Waals surface area contributed by atoms with Gasteiger partial charge < -0.3 is 9.80 Å². The molecular weight excluding hydrogens is 454 g/mol. The Morgan fingerprint density at radius 2 is 1.67 bits per heavy atom. The van der Waals surface area contributed by atoms with Gasteiger partial charge in [-0.3, -0.25) is 9.69 Å². The van der Waals surface area contributed by atoms with Crippen molar-refractivity contribution in [2.45, 2.75) is 17.5 Å². The lowest BCUT2D eigenvalue weighted by Gasteiger charge is -2.34. The summed E-state index contributed by atoms with van der Waals surface area (Å²) in [5.74, 6) is 1.59. The van der Waals surface area contributed by atoms with Crippen LogP contribution in [-0.4, -0.2) is 65.9 Å². The van der Waals surface area contributed by atoms with E-state index in [2.05, 4.69) is 39.1 Å². The summed E-state index contributed by atoms with van der Waals surface area (Å²) in [7, 11) is 3.85. The summed E-state index contributed by atoms with van der Waals surface area (Å²) in [5.41, 5.74) is 3.15. The average molecular weight is 482 g/mol. The molecule has 4 rings (SSSR count). The molecule has 33 heavy (non-hydrogen) atoms. The van der Waals surface area contributed by atoms with Gasteiger partial charge in [0.2, 0.25) is 0 Å². The molecule has 3 aromatic rings. The molecule has 1 fully saturated rings. The molecule has 2 heterocycles. The fourth-order valence-electron chi connectivity index (χ4n) is 3.70. The van der Waals surface area contributed by atoms with E-state index in [1.165, 1.54) is 17.3 Å². The van der Waals surface area contributed by atoms with Gasteiger partial charge in [0.25, 0.3) is 5.91 Å². The topological polar surface area (TPSA) is 52.6 Å². The highest BCUT2D eigenvalue weighted by atomic mass is 35.5. The number of piperazine rings is 1. The minimum atomic E-state index is 0.0994. The molecule has 0 aliphatic carbocycles. The first-order valence-electron chi connectivity index (χ1n) is 11.0. The third-order valence-electron chi connectivity index (χ3n) is 5.60. The van der Waals surface area contributed by atoms with Gasteiger partial charge in [-0.25, -0.2) is 9.97 Å². The number of thioether (sulfide) groups is 1. The van der Waals surface area contributed by atoms with Crippen LogP contribution in [-0.2, 0) is 12.3 Å². The SMILES string of the molecule is CN(C)c1cc(Cl)nc(SCc2ccc(C(=O)N3CCN(Cc4ccccc4)CC3)cc2)n1. The Balaban J connectivity index is 1.29. The smallest absolute Gasteiger partial charge is 0.253 e. The van der Waals surface area contributed by atoms with Crippen molar-refractivity contribution in [3.63, 3.8) is 0 Å². The zero-order valence-electron chi connectivity index (χ0n) is 18.9. The van der Waals surface area contributed by atoms with Crippen LogP contribution in [0.2, 0.25) is 5.15 Å². The minimum absolute atomic E-state index is 0.0994. The van der Waals surface area contributed by atoms with Gasteiger partial charge in [0.05, 0.1) is 0 Å². The second kappa shape index (κ2) is 11.0. The summed E-state index contributed by atoms with van der Waals surface area (Å²) in [5, 5.41) is 1.07. The normalized spacial score (nSPS) is 14.3. The molecule has 0 saturated carbocycles. The van der Waals surface area contributed by atoms with Crippen molar-refractivity contribution in [3.8, 4) is 0 Å². The Morgan fingerprint density at radius 3 is 2.33 bits per heavy atom. The number of hydrogen-bond acceptors (Lipinski definition) is 6. The Labute approximate surface area is 204 Å². The van der Waals surface area contributed by atoms with E-state index in [0.29, 0.717) is 16.1 Å². The third-order valence-corrected chi connectivity index (χ3v) is 6.71. The number of nitrogens with zero attached hydrogens (tertiary/aromatic N) is 5. The van der Waals surface area contributed by atoms with Crippen LogP contribution < -0.4 is 4.90 Å². The van der Waals surface area contributed by atoms with Crippen LogP contribution in [0.15, 0.2) is 65.8 Å². The van der Waals surface area contributed by atoms with Crippen LogP contribution in [0.4, 0.5) is 5.82 Å². The lowest BCUT2D eigenvalue weighted by Crippen LogP contribution is -2.48. The molecule has 172 valence electrons. The predicted molar refractivity (Wildman–Crippen MR) is 135 cm³/mol. The third kappa shape index (κ3) is 6.47. The van der Waals surface area contributed by atoms with Crippen LogP contribution in [0.25, 0.3) is 0 Å². The van der Waals surface area contributed by atoms with E-state index >= 15 is 0 Å². The molecule has 0 bridgehead atoms. The minimum Gasteiger partial charge on any atom is -0.363 e. The molecule has 0 unspecified atom stereocenters. The van der Waals surface area contributed by atoms with Gasteiger partial charge in [0.1, 0.15) is 11.0 Å². The molecule has 1 aromatic heterocycles. The molecule has 8 heteroatoms. The summed E-state index contributed by atoms with van der Waals surface area (Å²) in [6, 6.07) is 20.1. The van der Waals surface area contributed by atoms with Crippen LogP contribution >= 0.6 is 23.4 Å². The molecule has 6 nitrogen and oxygen atoms in total. The first kappa shape index (κ1) is 23.5. The van der Waals surface area contributed by atoms with Crippen LogP contribution in [0.5, 0.6) is 0 Å². The van der Waals surface area contributed by atoms with Crippen LogP contribution in [0.3, 0.4) is 0 Å². The fraction of sp³-hybridized carbons (Fsp3) is 0.320. The average Bonchev–Trinajstić information content (AvgIpc) is 2.83. The van der Waals surface area contributed by atoms with Gasteiger partial charge >= 0.3 is 0 Å². The molecule has 0 atom stereocenters. The molecule has 1 aliphatic heterocycles. The van der Waals surface area contributed by atoms with E-state index in [4.69, 9.17) is 11.6 Å². The predicted octanol–water partition coefficient (Wildman–Crippen LogP) is 4.45. The monoisotopic (exact) mass is 481 g/mol. The van der Waals surface area contributed by atoms with Crippen molar-refractivity contribution in [2.75, 3.05) is 45.2 Å². The number of benzene rings is 2. The molecule has 0 N–H and O–H groups in total. The molecule has 1 amide bonds. The van der Waals surface area contributed by atoms with Crippen molar-refractivity contribution in [3.05, 3.63) is 82.5 Å². The first-order valence-corrected chi connectivity index (χ1v) is 12.3. The van der Waals surface area contributed by atoms with Crippen LogP contribution in [0, 0.1) is 0 Å². The van der Waals surface area contributed by atoms with Crippen molar-refractivity contribution in [1.29, 1.82) is 0 Å². The number of rotatable bonds is 7. The van der Waals surface area contributed by atoms with E-state index in [1.54, 1.807) is 6.07 Å². The number of aromatic nitrogens is 2. The van der Waals surface area contributed by atoms with E-state index in [9.17, 15) is 4.79 Å². The van der Waals surface area contributed by atoms with Crippen molar-refractivity contribution in [1.82, 2.24) is 19.8 Å². The molecule has 1 saturated heterocycles. The highest BCUT2D eigenvalue weighted by molar-refractivity contribution is 7.98. The highest BCUT2D eigenvalue weighted by Gasteiger charge is 2.22. The van der Waals surface area contributed by atoms with E-state index in [-0.39, 0.29) is 5.91 Å². The summed E-state index contributed by atoms with van der Waals surface area (Å²) in [4.78, 5) is 28.0. The summed E-state index contributed by atoms with van der Waals surface area (Å²) in [6.45, 7) is 4.22. The number of halogens is 1. The number of carbonyl (C=O) groups is 1. The maximum atomic E-state index is 13.0. The zero-order valence-corrected chi connectivity index (χ0v) is 20.5. The molecular formula is C25H28ClN5OS. The zero-order chi connectivity index (χ0) is 23.2. The lowest BCUT2D eigenvalue weighted by atomic mass is 10.1. The first-order chi connectivity index (χ1) is 16.0. The largest absolute Gasteiger partial charge is 0.363 e. The molecule has 0 spiro atoms. The van der Waals surface area contributed by atoms with Gasteiger partial charge in [-0.15, -0.1) is 0 Å². The van der Waals surface area contributed by atoms with Gasteiger partial charge in [-0.2, -0.15) is 0 Å². The van der Waals surface area contributed by atoms with E-state index in [0.717, 1.165) is 49.7 Å². The Kier molecular flexibility index (Phi) is 7.85. The number of hydrogen-bond donors (Lipinski definition) is 0. The fourth-order valence-corrected chi connectivity index (χ4v) is 4.74. The van der Waals surface area contributed by atoms with Crippen LogP contribution in [0.1, 0.15) is 21.5 Å². The highest BCUT2D eigenvalue weighted by Crippen LogP contribution is 2.24. The molecule has 0 radical (unpaired) electrons. The standard InChI is InChI=1S/C25H28ClN5OS/c1-29(2)23-16-22(26)27-25(28-23)33-18-20-8-10-21(11-9-20)24(32)31-14-12-30(13-15-31)17-19-6-4-3-5-7-19/h3-11,16H,12-15,17-18H2,1-2H3. The summed E-state index contributed by atoms with van der Waals surface area (Å²) >= 11 is 7.65. The van der Waals surface area contributed by atoms with Crippen molar-refractivity contribution < 1.29 is 4.79 Å². The van der Waals surface area contributed by atoms with E-state index in [1.807, 2.05) is 54.2 Å². The van der Waals surface area contributed by atoms with E-state index < -0.39 is 0 Å². The quantitative estimate of drug-likeness (QED) is 0.282. The van der Waals surface area contributed by atoms with Crippen molar-refractivity contribution >= 4 is 35.1 Å². The van der Waals surface area contributed by atoms with Crippen molar-refractivity contribution in [2.24, 2.45) is 0 Å². The molecule has 1 aliphatic rings. The maximum absolute atomic E-state index is 13.0. The number of anilines is 1. The second-order valence-electron chi connectivity index (χ2n) is 8.27. The summed E-state index contributed by atoms with van der Waals surface area (Å²) in [6.07, 6.45) is 0. The van der Waals surface area contributed by atoms with Gasteiger partial charge in [0.15, 0.2) is 5.16 Å². The number of amides is 1. The lowest BCUT2D eigenvalue weighted by molar-refractivity contribution is 0.0628. The van der Waals surface area contributed by atoms with Gasteiger partial charge in [-0.05, 0) is 23.3 Å². The summed E-state index contributed by atoms with van der Waals surface area (Å²) < 4.78 is 0. The second-order valence-corrected chi connectivity index (χ2v) is 9.60. The number of carbonyl (C=O) groups excluding carboxylic acids is 1.